The molecule has 1 aromatic heterocycles. The number of aromatic nitrogens is 3. The summed E-state index contributed by atoms with van der Waals surface area (Å²) in [5.74, 6) is -1.04. The summed E-state index contributed by atoms with van der Waals surface area (Å²) >= 11 is 0. The lowest BCUT2D eigenvalue weighted by Gasteiger charge is -2.06. The Balaban J connectivity index is 2.25. The van der Waals surface area contributed by atoms with Crippen molar-refractivity contribution in [2.75, 3.05) is 5.32 Å². The minimum Gasteiger partial charge on any atom is -0.366 e. The maximum atomic E-state index is 11.7. The van der Waals surface area contributed by atoms with E-state index in [0.717, 1.165) is 0 Å². The first-order chi connectivity index (χ1) is 8.18. The molecule has 0 aliphatic rings. The number of primary amides is 1. The molecule has 2 amide bonds. The molecule has 7 nitrogen and oxygen atoms in total. The van der Waals surface area contributed by atoms with Gasteiger partial charge in [0.1, 0.15) is 6.33 Å². The summed E-state index contributed by atoms with van der Waals surface area (Å²) < 4.78 is 0. The molecule has 0 aliphatic heterocycles. The van der Waals surface area contributed by atoms with E-state index < -0.39 is 11.8 Å². The molecular formula is C10H9N5O2. The smallest absolute Gasteiger partial charge is 0.293 e. The van der Waals surface area contributed by atoms with Crippen LogP contribution in [-0.2, 0) is 0 Å². The van der Waals surface area contributed by atoms with Crippen molar-refractivity contribution in [2.45, 2.75) is 0 Å². The lowest BCUT2D eigenvalue weighted by atomic mass is 10.1. The minimum atomic E-state index is -0.613. The van der Waals surface area contributed by atoms with E-state index in [1.54, 1.807) is 18.2 Å². The number of nitrogens with two attached hydrogens (primary N) is 1. The highest BCUT2D eigenvalue weighted by atomic mass is 16.2. The summed E-state index contributed by atoms with van der Waals surface area (Å²) in [6.07, 6.45) is 1.22. The molecule has 0 bridgehead atoms. The zero-order valence-corrected chi connectivity index (χ0v) is 8.68. The summed E-state index contributed by atoms with van der Waals surface area (Å²) in [6.45, 7) is 0. The van der Waals surface area contributed by atoms with Crippen LogP contribution in [0.3, 0.4) is 0 Å². The standard InChI is InChI=1S/C10H9N5O2/c11-8(16)6-3-1-2-4-7(6)14-10(17)9-12-5-13-15-9/h1-5H,(H2,11,16)(H,14,17)(H,12,13,15). The van der Waals surface area contributed by atoms with E-state index in [1.807, 2.05) is 0 Å². The van der Waals surface area contributed by atoms with Crippen LogP contribution < -0.4 is 11.1 Å². The molecule has 0 aliphatic carbocycles. The summed E-state index contributed by atoms with van der Waals surface area (Å²) in [6, 6.07) is 6.44. The van der Waals surface area contributed by atoms with Crippen molar-refractivity contribution < 1.29 is 9.59 Å². The molecule has 1 heterocycles. The highest BCUT2D eigenvalue weighted by Crippen LogP contribution is 2.14. The molecule has 86 valence electrons. The zero-order valence-electron chi connectivity index (χ0n) is 8.68. The lowest BCUT2D eigenvalue weighted by molar-refractivity contribution is 0.100. The summed E-state index contributed by atoms with van der Waals surface area (Å²) in [7, 11) is 0. The second-order valence-corrected chi connectivity index (χ2v) is 3.20. The van der Waals surface area contributed by atoms with Gasteiger partial charge in [-0.3, -0.25) is 14.7 Å². The van der Waals surface area contributed by atoms with E-state index in [1.165, 1.54) is 12.4 Å². The van der Waals surface area contributed by atoms with Gasteiger partial charge in [-0.2, -0.15) is 5.10 Å². The number of amides is 2. The molecule has 1 aromatic carbocycles. The third-order valence-electron chi connectivity index (χ3n) is 2.07. The number of anilines is 1. The number of nitrogens with one attached hydrogen (secondary N) is 2. The van der Waals surface area contributed by atoms with Crippen LogP contribution in [0, 0.1) is 0 Å². The van der Waals surface area contributed by atoms with Crippen molar-refractivity contribution in [3.63, 3.8) is 0 Å². The summed E-state index contributed by atoms with van der Waals surface area (Å²) in [5, 5.41) is 8.49. The molecule has 0 atom stereocenters. The van der Waals surface area contributed by atoms with Crippen LogP contribution in [0.2, 0.25) is 0 Å². The van der Waals surface area contributed by atoms with Crippen LogP contribution in [0.15, 0.2) is 30.6 Å². The monoisotopic (exact) mass is 231 g/mol. The zero-order chi connectivity index (χ0) is 12.3. The van der Waals surface area contributed by atoms with E-state index in [4.69, 9.17) is 5.73 Å². The van der Waals surface area contributed by atoms with Crippen LogP contribution in [0.1, 0.15) is 21.0 Å². The van der Waals surface area contributed by atoms with Gasteiger partial charge in [0.25, 0.3) is 11.8 Å². The highest BCUT2D eigenvalue weighted by molar-refractivity contribution is 6.07. The minimum absolute atomic E-state index is 0.0595. The number of carbonyl (C=O) groups excluding carboxylic acids is 2. The fraction of sp³-hybridized carbons (Fsp3) is 0. The Hall–Kier alpha value is -2.70. The van der Waals surface area contributed by atoms with Crippen LogP contribution in [0.25, 0.3) is 0 Å². The molecule has 0 saturated carbocycles. The Morgan fingerprint density at radius 1 is 1.29 bits per heavy atom. The van der Waals surface area contributed by atoms with E-state index in [2.05, 4.69) is 20.5 Å². The topological polar surface area (TPSA) is 114 Å². The molecular weight excluding hydrogens is 222 g/mol. The first-order valence-electron chi connectivity index (χ1n) is 4.74. The number of rotatable bonds is 3. The van der Waals surface area contributed by atoms with Gasteiger partial charge < -0.3 is 11.1 Å². The van der Waals surface area contributed by atoms with E-state index in [0.29, 0.717) is 5.69 Å². The van der Waals surface area contributed by atoms with Gasteiger partial charge in [-0.15, -0.1) is 0 Å². The SMILES string of the molecule is NC(=O)c1ccccc1NC(=O)c1ncn[nH]1. The van der Waals surface area contributed by atoms with Crippen molar-refractivity contribution in [2.24, 2.45) is 5.73 Å². The quantitative estimate of drug-likeness (QED) is 0.697. The number of para-hydroxylation sites is 1. The highest BCUT2D eigenvalue weighted by Gasteiger charge is 2.13. The van der Waals surface area contributed by atoms with E-state index in [-0.39, 0.29) is 11.4 Å². The molecule has 0 saturated heterocycles. The van der Waals surface area contributed by atoms with Crippen molar-refractivity contribution in [3.05, 3.63) is 42.0 Å². The molecule has 0 spiro atoms. The number of hydrogen-bond donors (Lipinski definition) is 3. The first kappa shape index (κ1) is 10.8. The number of aromatic amines is 1. The predicted octanol–water partition coefficient (Wildman–Crippen LogP) is 0.156. The maximum absolute atomic E-state index is 11.7. The van der Waals surface area contributed by atoms with E-state index >= 15 is 0 Å². The Labute approximate surface area is 96.0 Å². The van der Waals surface area contributed by atoms with Crippen molar-refractivity contribution in [3.8, 4) is 0 Å². The first-order valence-corrected chi connectivity index (χ1v) is 4.74. The molecule has 7 heteroatoms. The Morgan fingerprint density at radius 2 is 2.06 bits per heavy atom. The maximum Gasteiger partial charge on any atom is 0.293 e. The summed E-state index contributed by atoms with van der Waals surface area (Å²) in [5.41, 5.74) is 5.75. The van der Waals surface area contributed by atoms with Crippen LogP contribution in [0.4, 0.5) is 5.69 Å². The summed E-state index contributed by atoms with van der Waals surface area (Å²) in [4.78, 5) is 26.5. The van der Waals surface area contributed by atoms with Gasteiger partial charge in [-0.25, -0.2) is 4.98 Å². The molecule has 0 fully saturated rings. The second kappa shape index (κ2) is 4.44. The van der Waals surface area contributed by atoms with Crippen LogP contribution in [0.5, 0.6) is 0 Å². The molecule has 0 radical (unpaired) electrons. The van der Waals surface area contributed by atoms with E-state index in [9.17, 15) is 9.59 Å². The number of carbonyl (C=O) groups is 2. The van der Waals surface area contributed by atoms with Crippen molar-refractivity contribution in [1.29, 1.82) is 0 Å². The fourth-order valence-electron chi connectivity index (χ4n) is 1.30. The second-order valence-electron chi connectivity index (χ2n) is 3.20. The fourth-order valence-corrected chi connectivity index (χ4v) is 1.30. The lowest BCUT2D eigenvalue weighted by Crippen LogP contribution is -2.19. The van der Waals surface area contributed by atoms with Gasteiger partial charge in [0.15, 0.2) is 0 Å². The van der Waals surface area contributed by atoms with Gasteiger partial charge in [0.05, 0.1) is 11.3 Å². The third-order valence-corrected chi connectivity index (χ3v) is 2.07. The molecule has 0 unspecified atom stereocenters. The molecule has 17 heavy (non-hydrogen) atoms. The van der Waals surface area contributed by atoms with Gasteiger partial charge in [-0.1, -0.05) is 12.1 Å². The normalized spacial score (nSPS) is 9.88. The predicted molar refractivity (Wildman–Crippen MR) is 59.3 cm³/mol. The third kappa shape index (κ3) is 2.28. The number of benzene rings is 1. The number of H-pyrrole nitrogens is 1. The van der Waals surface area contributed by atoms with Crippen LogP contribution in [-0.4, -0.2) is 27.0 Å². The number of hydrogen-bond acceptors (Lipinski definition) is 4. The molecule has 2 rings (SSSR count). The van der Waals surface area contributed by atoms with Gasteiger partial charge >= 0.3 is 0 Å². The van der Waals surface area contributed by atoms with Crippen molar-refractivity contribution in [1.82, 2.24) is 15.2 Å². The Bertz CT molecular complexity index is 550. The Morgan fingerprint density at radius 3 is 2.71 bits per heavy atom. The van der Waals surface area contributed by atoms with Gasteiger partial charge in [-0.05, 0) is 12.1 Å². The molecule has 4 N–H and O–H groups in total. The Kier molecular flexibility index (Phi) is 2.82. The van der Waals surface area contributed by atoms with Crippen molar-refractivity contribution >= 4 is 17.5 Å². The van der Waals surface area contributed by atoms with Gasteiger partial charge in [0.2, 0.25) is 5.82 Å². The average Bonchev–Trinajstić information content (AvgIpc) is 2.83. The van der Waals surface area contributed by atoms with Gasteiger partial charge in [0, 0.05) is 0 Å². The average molecular weight is 231 g/mol. The largest absolute Gasteiger partial charge is 0.366 e. The van der Waals surface area contributed by atoms with Crippen LogP contribution >= 0.6 is 0 Å². The molecule has 2 aromatic rings. The number of nitrogens with zero attached hydrogens (tertiary/aromatic N) is 2.